The van der Waals surface area contributed by atoms with Crippen LogP contribution in [0, 0.1) is 11.7 Å². The van der Waals surface area contributed by atoms with E-state index >= 15 is 0 Å². The highest BCUT2D eigenvalue weighted by Gasteiger charge is 2.37. The molecule has 0 bridgehead atoms. The first-order valence-electron chi connectivity index (χ1n) is 8.61. The van der Waals surface area contributed by atoms with E-state index in [0.29, 0.717) is 5.92 Å². The van der Waals surface area contributed by atoms with Crippen LogP contribution in [0.25, 0.3) is 0 Å². The van der Waals surface area contributed by atoms with E-state index in [9.17, 15) is 4.39 Å². The second-order valence-corrected chi connectivity index (χ2v) is 6.94. The molecule has 0 amide bonds. The van der Waals surface area contributed by atoms with Gasteiger partial charge in [0.15, 0.2) is 0 Å². The van der Waals surface area contributed by atoms with E-state index in [0.717, 1.165) is 23.4 Å². The number of benzene rings is 2. The molecule has 24 heavy (non-hydrogen) atoms. The predicted molar refractivity (Wildman–Crippen MR) is 95.0 cm³/mol. The second-order valence-electron chi connectivity index (χ2n) is 6.94. The maximum absolute atomic E-state index is 13.7. The van der Waals surface area contributed by atoms with Crippen LogP contribution in [0.4, 0.5) is 10.1 Å². The predicted octanol–water partition coefficient (Wildman–Crippen LogP) is 5.44. The van der Waals surface area contributed by atoms with Crippen molar-refractivity contribution in [3.8, 4) is 5.75 Å². The van der Waals surface area contributed by atoms with Gasteiger partial charge in [0.25, 0.3) is 0 Å². The van der Waals surface area contributed by atoms with Crippen LogP contribution < -0.4 is 10.1 Å². The molecule has 0 saturated heterocycles. The number of fused-ring (bicyclic) bond motifs is 3. The highest BCUT2D eigenvalue weighted by atomic mass is 19.1. The maximum Gasteiger partial charge on any atom is 0.123 e. The molecular weight excluding hydrogens is 301 g/mol. The molecule has 0 spiro atoms. The van der Waals surface area contributed by atoms with Gasteiger partial charge in [-0.3, -0.25) is 0 Å². The number of allylic oxidation sites excluding steroid dienone is 2. The molecule has 124 valence electrons. The molecule has 2 nitrogen and oxygen atoms in total. The van der Waals surface area contributed by atoms with Gasteiger partial charge in [-0.15, -0.1) is 0 Å². The summed E-state index contributed by atoms with van der Waals surface area (Å²) in [5.74, 6) is 1.45. The van der Waals surface area contributed by atoms with E-state index < -0.39 is 0 Å². The lowest BCUT2D eigenvalue weighted by molar-refractivity contribution is 0.242. The molecular formula is C21H22FNO. The van der Waals surface area contributed by atoms with Crippen molar-refractivity contribution < 1.29 is 9.13 Å². The summed E-state index contributed by atoms with van der Waals surface area (Å²) in [6.07, 6.45) is 5.64. The van der Waals surface area contributed by atoms with Crippen LogP contribution in [-0.2, 0) is 0 Å². The Morgan fingerprint density at radius 3 is 2.67 bits per heavy atom. The van der Waals surface area contributed by atoms with Gasteiger partial charge in [0.05, 0.1) is 12.1 Å². The Balaban J connectivity index is 1.65. The van der Waals surface area contributed by atoms with E-state index in [1.54, 1.807) is 6.07 Å². The lowest BCUT2D eigenvalue weighted by atomic mass is 9.77. The zero-order valence-electron chi connectivity index (χ0n) is 14.0. The molecule has 1 aliphatic heterocycles. The van der Waals surface area contributed by atoms with Crippen LogP contribution in [0.15, 0.2) is 54.6 Å². The summed E-state index contributed by atoms with van der Waals surface area (Å²) in [4.78, 5) is 0. The number of anilines is 1. The van der Waals surface area contributed by atoms with Crippen molar-refractivity contribution >= 4 is 5.69 Å². The molecule has 0 unspecified atom stereocenters. The Bertz CT molecular complexity index is 766. The zero-order chi connectivity index (χ0) is 16.7. The monoisotopic (exact) mass is 323 g/mol. The smallest absolute Gasteiger partial charge is 0.123 e. The summed E-state index contributed by atoms with van der Waals surface area (Å²) < 4.78 is 19.4. The first-order valence-corrected chi connectivity index (χ1v) is 8.61. The summed E-state index contributed by atoms with van der Waals surface area (Å²) in [6, 6.07) is 13.6. The summed E-state index contributed by atoms with van der Waals surface area (Å²) >= 11 is 0. The van der Waals surface area contributed by atoms with Crippen molar-refractivity contribution in [2.75, 3.05) is 5.32 Å². The van der Waals surface area contributed by atoms with E-state index in [1.165, 1.54) is 11.6 Å². The van der Waals surface area contributed by atoms with Crippen LogP contribution in [0.2, 0.25) is 0 Å². The molecule has 1 heterocycles. The lowest BCUT2D eigenvalue weighted by Gasteiger charge is -2.37. The number of nitrogens with one attached hydrogen (secondary N) is 1. The van der Waals surface area contributed by atoms with Crippen molar-refractivity contribution in [3.05, 3.63) is 71.6 Å². The maximum atomic E-state index is 13.7. The first-order chi connectivity index (χ1) is 11.6. The molecule has 1 aliphatic carbocycles. The SMILES string of the molecule is CC(C)Oc1ccc([C@@H]2Nc3ccc(F)cc3[C@@H]3C=CC[C@@H]32)cc1. The van der Waals surface area contributed by atoms with E-state index in [2.05, 4.69) is 29.6 Å². The molecule has 3 atom stereocenters. The fourth-order valence-corrected chi connectivity index (χ4v) is 3.92. The fourth-order valence-electron chi connectivity index (χ4n) is 3.92. The highest BCUT2D eigenvalue weighted by Crippen LogP contribution is 2.49. The van der Waals surface area contributed by atoms with Crippen molar-refractivity contribution in [2.24, 2.45) is 5.92 Å². The summed E-state index contributed by atoms with van der Waals surface area (Å²) in [6.45, 7) is 4.06. The molecule has 1 N–H and O–H groups in total. The topological polar surface area (TPSA) is 21.3 Å². The van der Waals surface area contributed by atoms with Crippen molar-refractivity contribution in [3.63, 3.8) is 0 Å². The lowest BCUT2D eigenvalue weighted by Crippen LogP contribution is -2.29. The Labute approximate surface area is 142 Å². The van der Waals surface area contributed by atoms with Gasteiger partial charge in [-0.1, -0.05) is 24.3 Å². The molecule has 3 heteroatoms. The molecule has 4 rings (SSSR count). The number of hydrogen-bond acceptors (Lipinski definition) is 2. The third kappa shape index (κ3) is 2.68. The second kappa shape index (κ2) is 5.97. The van der Waals surface area contributed by atoms with Crippen LogP contribution >= 0.6 is 0 Å². The van der Waals surface area contributed by atoms with Gasteiger partial charge in [-0.2, -0.15) is 0 Å². The number of ether oxygens (including phenoxy) is 1. The molecule has 0 radical (unpaired) electrons. The van der Waals surface area contributed by atoms with Crippen LogP contribution in [-0.4, -0.2) is 6.10 Å². The average Bonchev–Trinajstić information content (AvgIpc) is 3.04. The normalized spacial score (nSPS) is 24.4. The van der Waals surface area contributed by atoms with E-state index in [1.807, 2.05) is 32.0 Å². The minimum Gasteiger partial charge on any atom is -0.491 e. The Morgan fingerprint density at radius 1 is 1.12 bits per heavy atom. The van der Waals surface area contributed by atoms with Gasteiger partial charge in [0.1, 0.15) is 11.6 Å². The van der Waals surface area contributed by atoms with Crippen molar-refractivity contribution in [1.29, 1.82) is 0 Å². The van der Waals surface area contributed by atoms with Crippen molar-refractivity contribution in [2.45, 2.75) is 38.3 Å². The number of rotatable bonds is 3. The van der Waals surface area contributed by atoms with E-state index in [-0.39, 0.29) is 23.9 Å². The summed E-state index contributed by atoms with van der Waals surface area (Å²) in [7, 11) is 0. The highest BCUT2D eigenvalue weighted by molar-refractivity contribution is 5.59. The largest absolute Gasteiger partial charge is 0.491 e. The van der Waals surface area contributed by atoms with Crippen LogP contribution in [0.1, 0.15) is 43.4 Å². The quantitative estimate of drug-likeness (QED) is 0.759. The van der Waals surface area contributed by atoms with Gasteiger partial charge < -0.3 is 10.1 Å². The van der Waals surface area contributed by atoms with Gasteiger partial charge in [0, 0.05) is 11.6 Å². The van der Waals surface area contributed by atoms with Gasteiger partial charge in [-0.25, -0.2) is 4.39 Å². The minimum absolute atomic E-state index is 0.164. The Hall–Kier alpha value is -2.29. The first kappa shape index (κ1) is 15.3. The third-order valence-electron chi connectivity index (χ3n) is 4.94. The van der Waals surface area contributed by atoms with Gasteiger partial charge in [0.2, 0.25) is 0 Å². The van der Waals surface area contributed by atoms with Crippen LogP contribution in [0.5, 0.6) is 5.75 Å². The standard InChI is InChI=1S/C21H22FNO/c1-13(2)24-16-9-6-14(7-10-16)21-18-5-3-4-17(18)19-12-15(22)8-11-20(19)23-21/h3-4,6-13,17-18,21,23H,5H2,1-2H3/t17-,18+,21+/m1/s1. The molecule has 2 aliphatic rings. The van der Waals surface area contributed by atoms with Crippen molar-refractivity contribution in [1.82, 2.24) is 0 Å². The van der Waals surface area contributed by atoms with Crippen LogP contribution in [0.3, 0.4) is 0 Å². The molecule has 0 fully saturated rings. The average molecular weight is 323 g/mol. The Morgan fingerprint density at radius 2 is 1.92 bits per heavy atom. The minimum atomic E-state index is -0.164. The Kier molecular flexibility index (Phi) is 3.79. The van der Waals surface area contributed by atoms with Gasteiger partial charge >= 0.3 is 0 Å². The number of hydrogen-bond donors (Lipinski definition) is 1. The molecule has 0 saturated carbocycles. The third-order valence-corrected chi connectivity index (χ3v) is 4.94. The summed E-state index contributed by atoms with van der Waals surface area (Å²) in [5.41, 5.74) is 3.36. The molecule has 2 aromatic rings. The zero-order valence-corrected chi connectivity index (χ0v) is 14.0. The molecule has 2 aromatic carbocycles. The fraction of sp³-hybridized carbons (Fsp3) is 0.333. The molecule has 0 aromatic heterocycles. The summed E-state index contributed by atoms with van der Waals surface area (Å²) in [5, 5.41) is 3.62. The number of halogens is 1. The van der Waals surface area contributed by atoms with E-state index in [4.69, 9.17) is 4.74 Å². The van der Waals surface area contributed by atoms with Gasteiger partial charge in [-0.05, 0) is 67.6 Å².